The first-order valence-corrected chi connectivity index (χ1v) is 5.54. The zero-order valence-electron chi connectivity index (χ0n) is 8.15. The predicted octanol–water partition coefficient (Wildman–Crippen LogP) is 2.12. The molecule has 2 N–H and O–H groups in total. The molecule has 0 aliphatic rings. The molecule has 1 aromatic carbocycles. The van der Waals surface area contributed by atoms with Crippen molar-refractivity contribution < 1.29 is 10.2 Å². The molecule has 0 saturated carbocycles. The van der Waals surface area contributed by atoms with Crippen molar-refractivity contribution in [1.29, 1.82) is 0 Å². The fourth-order valence-corrected chi connectivity index (χ4v) is 1.74. The van der Waals surface area contributed by atoms with Crippen LogP contribution in [0.25, 0.3) is 0 Å². The third-order valence-electron chi connectivity index (χ3n) is 2.25. The monoisotopic (exact) mass is 258 g/mol. The average Bonchev–Trinajstić information content (AvgIpc) is 2.20. The van der Waals surface area contributed by atoms with Gasteiger partial charge in [0, 0.05) is 10.9 Å². The molecule has 0 aliphatic heterocycles. The minimum absolute atomic E-state index is 0.483. The van der Waals surface area contributed by atoms with E-state index in [1.54, 1.807) is 0 Å². The lowest BCUT2D eigenvalue weighted by atomic mass is 10.0. The molecule has 0 radical (unpaired) electrons. The first-order chi connectivity index (χ1) is 6.65. The Bertz CT molecular complexity index is 288. The molecule has 2 unspecified atom stereocenters. The summed E-state index contributed by atoms with van der Waals surface area (Å²) in [5, 5.41) is 19.0. The fraction of sp³-hybridized carbons (Fsp3) is 0.455. The number of benzene rings is 1. The van der Waals surface area contributed by atoms with Gasteiger partial charge in [-0.2, -0.15) is 0 Å². The van der Waals surface area contributed by atoms with Crippen molar-refractivity contribution in [2.75, 3.05) is 0 Å². The first-order valence-electron chi connectivity index (χ1n) is 4.74. The third-order valence-corrected chi connectivity index (χ3v) is 3.02. The van der Waals surface area contributed by atoms with E-state index < -0.39 is 12.2 Å². The second-order valence-corrected chi connectivity index (χ2v) is 4.19. The summed E-state index contributed by atoms with van der Waals surface area (Å²) in [6, 6.07) is 7.72. The molecule has 0 amide bonds. The van der Waals surface area contributed by atoms with Crippen LogP contribution < -0.4 is 0 Å². The molecular weight excluding hydrogens is 244 g/mol. The summed E-state index contributed by atoms with van der Waals surface area (Å²) < 4.78 is 0.974. The Morgan fingerprint density at radius 1 is 1.21 bits per heavy atom. The molecule has 78 valence electrons. The minimum atomic E-state index is -0.682. The van der Waals surface area contributed by atoms with Gasteiger partial charge in [0.15, 0.2) is 0 Å². The molecule has 0 fully saturated rings. The molecule has 14 heavy (non-hydrogen) atoms. The van der Waals surface area contributed by atoms with Crippen LogP contribution in [0.5, 0.6) is 0 Å². The number of hydrogen-bond donors (Lipinski definition) is 2. The summed E-state index contributed by atoms with van der Waals surface area (Å²) in [5.74, 6) is 0. The Hall–Kier alpha value is -0.380. The molecule has 2 atom stereocenters. The lowest BCUT2D eigenvalue weighted by molar-refractivity contribution is 0.0181. The second-order valence-electron chi connectivity index (χ2n) is 3.34. The van der Waals surface area contributed by atoms with Gasteiger partial charge in [-0.25, -0.2) is 0 Å². The highest BCUT2D eigenvalue weighted by atomic mass is 79.9. The van der Waals surface area contributed by atoms with Crippen molar-refractivity contribution in [2.24, 2.45) is 0 Å². The smallest absolute Gasteiger partial charge is 0.0839 e. The van der Waals surface area contributed by atoms with Crippen molar-refractivity contribution in [2.45, 2.75) is 32.0 Å². The lowest BCUT2D eigenvalue weighted by Crippen LogP contribution is -2.27. The minimum Gasteiger partial charge on any atom is -0.390 e. The van der Waals surface area contributed by atoms with Gasteiger partial charge >= 0.3 is 0 Å². The molecule has 0 aromatic heterocycles. The van der Waals surface area contributed by atoms with Crippen LogP contribution in [0.1, 0.15) is 18.9 Å². The highest BCUT2D eigenvalue weighted by Crippen LogP contribution is 2.18. The highest BCUT2D eigenvalue weighted by molar-refractivity contribution is 9.10. The molecule has 3 heteroatoms. The quantitative estimate of drug-likeness (QED) is 0.869. The summed E-state index contributed by atoms with van der Waals surface area (Å²) in [7, 11) is 0. The van der Waals surface area contributed by atoms with E-state index in [2.05, 4.69) is 15.9 Å². The first kappa shape index (κ1) is 11.7. The molecule has 0 heterocycles. The summed E-state index contributed by atoms with van der Waals surface area (Å²) in [5.41, 5.74) is 1.02. The number of aliphatic hydroxyl groups is 2. The van der Waals surface area contributed by atoms with Gasteiger partial charge in [-0.3, -0.25) is 0 Å². The van der Waals surface area contributed by atoms with Gasteiger partial charge in [0.25, 0.3) is 0 Å². The van der Waals surface area contributed by atoms with Crippen molar-refractivity contribution in [1.82, 2.24) is 0 Å². The van der Waals surface area contributed by atoms with E-state index in [-0.39, 0.29) is 0 Å². The normalized spacial score (nSPS) is 15.1. The van der Waals surface area contributed by atoms with Crippen molar-refractivity contribution in [3.05, 3.63) is 34.3 Å². The van der Waals surface area contributed by atoms with Gasteiger partial charge in [0.05, 0.1) is 12.2 Å². The Kier molecular flexibility index (Phi) is 4.58. The Labute approximate surface area is 92.7 Å². The zero-order chi connectivity index (χ0) is 10.6. The van der Waals surface area contributed by atoms with Crippen LogP contribution in [0, 0.1) is 0 Å². The van der Waals surface area contributed by atoms with Gasteiger partial charge in [-0.05, 0) is 18.1 Å². The van der Waals surface area contributed by atoms with E-state index >= 15 is 0 Å². The fourth-order valence-electron chi connectivity index (χ4n) is 1.30. The molecule has 1 rings (SSSR count). The lowest BCUT2D eigenvalue weighted by Gasteiger charge is -2.16. The largest absolute Gasteiger partial charge is 0.390 e. The molecular formula is C11H15BrO2. The summed E-state index contributed by atoms with van der Waals surface area (Å²) in [6.07, 6.45) is -0.261. The van der Waals surface area contributed by atoms with Crippen LogP contribution in [0.2, 0.25) is 0 Å². The number of hydrogen-bond acceptors (Lipinski definition) is 2. The van der Waals surface area contributed by atoms with Gasteiger partial charge in [-0.1, -0.05) is 41.1 Å². The van der Waals surface area contributed by atoms with Crippen molar-refractivity contribution in [3.63, 3.8) is 0 Å². The number of rotatable bonds is 4. The molecule has 0 bridgehead atoms. The van der Waals surface area contributed by atoms with Gasteiger partial charge in [0.2, 0.25) is 0 Å². The molecule has 1 aromatic rings. The summed E-state index contributed by atoms with van der Waals surface area (Å²) in [6.45, 7) is 1.86. The molecule has 0 spiro atoms. The summed E-state index contributed by atoms with van der Waals surface area (Å²) >= 11 is 3.40. The Morgan fingerprint density at radius 3 is 2.43 bits per heavy atom. The van der Waals surface area contributed by atoms with Crippen LogP contribution in [-0.4, -0.2) is 22.4 Å². The average molecular weight is 259 g/mol. The highest BCUT2D eigenvalue weighted by Gasteiger charge is 2.15. The van der Waals surface area contributed by atoms with E-state index in [1.165, 1.54) is 0 Å². The topological polar surface area (TPSA) is 40.5 Å². The van der Waals surface area contributed by atoms with E-state index in [4.69, 9.17) is 0 Å². The predicted molar refractivity (Wildman–Crippen MR) is 60.2 cm³/mol. The number of aliphatic hydroxyl groups excluding tert-OH is 2. The summed E-state index contributed by atoms with van der Waals surface area (Å²) in [4.78, 5) is 0. The second kappa shape index (κ2) is 5.49. The SMILES string of the molecule is CCC(O)C(O)Cc1ccccc1Br. The van der Waals surface area contributed by atoms with Gasteiger partial charge in [0.1, 0.15) is 0 Å². The van der Waals surface area contributed by atoms with Crippen LogP contribution in [-0.2, 0) is 6.42 Å². The van der Waals surface area contributed by atoms with E-state index in [0.717, 1.165) is 10.0 Å². The van der Waals surface area contributed by atoms with E-state index in [9.17, 15) is 10.2 Å². The Morgan fingerprint density at radius 2 is 1.86 bits per heavy atom. The van der Waals surface area contributed by atoms with Crippen LogP contribution in [0.3, 0.4) is 0 Å². The van der Waals surface area contributed by atoms with Gasteiger partial charge < -0.3 is 10.2 Å². The maximum absolute atomic E-state index is 9.62. The molecule has 2 nitrogen and oxygen atoms in total. The maximum atomic E-state index is 9.62. The van der Waals surface area contributed by atoms with Crippen LogP contribution >= 0.6 is 15.9 Å². The molecule has 0 saturated heterocycles. The van der Waals surface area contributed by atoms with Crippen molar-refractivity contribution >= 4 is 15.9 Å². The number of halogens is 1. The maximum Gasteiger partial charge on any atom is 0.0839 e. The van der Waals surface area contributed by atoms with Crippen molar-refractivity contribution in [3.8, 4) is 0 Å². The van der Waals surface area contributed by atoms with E-state index in [1.807, 2.05) is 31.2 Å². The van der Waals surface area contributed by atoms with Crippen LogP contribution in [0.15, 0.2) is 28.7 Å². The van der Waals surface area contributed by atoms with Crippen LogP contribution in [0.4, 0.5) is 0 Å². The van der Waals surface area contributed by atoms with E-state index in [0.29, 0.717) is 12.8 Å². The zero-order valence-corrected chi connectivity index (χ0v) is 9.74. The van der Waals surface area contributed by atoms with Gasteiger partial charge in [-0.15, -0.1) is 0 Å². The standard InChI is InChI=1S/C11H15BrO2/c1-2-10(13)11(14)7-8-5-3-4-6-9(8)12/h3-6,10-11,13-14H,2,7H2,1H3. The third kappa shape index (κ3) is 3.08. The molecule has 0 aliphatic carbocycles. The Balaban J connectivity index is 2.64.